The molecular weight excluding hydrogens is 236 g/mol. The van der Waals surface area contributed by atoms with E-state index >= 15 is 0 Å². The molecule has 3 aromatic rings. The van der Waals surface area contributed by atoms with Crippen LogP contribution in [0.4, 0.5) is 11.5 Å². The summed E-state index contributed by atoms with van der Waals surface area (Å²) in [5.41, 5.74) is 10.2. The largest absolute Gasteiger partial charge is 0.383 e. The van der Waals surface area contributed by atoms with Crippen molar-refractivity contribution in [3.05, 3.63) is 53.9 Å². The van der Waals surface area contributed by atoms with Crippen molar-refractivity contribution in [1.29, 1.82) is 0 Å². The molecule has 0 aliphatic carbocycles. The maximum absolute atomic E-state index is 5.82. The lowest BCUT2D eigenvalue weighted by atomic mass is 10.2. The smallest absolute Gasteiger partial charge is 0.128 e. The van der Waals surface area contributed by atoms with E-state index in [1.54, 1.807) is 6.20 Å². The SMILES string of the molecule is Cc1cc2cc(NCc3cccnc3N)ccc2[nH]1. The fraction of sp³-hybridized carbons (Fsp3) is 0.133. The number of aromatic amines is 1. The minimum atomic E-state index is 0.577. The van der Waals surface area contributed by atoms with Gasteiger partial charge < -0.3 is 16.0 Å². The fourth-order valence-corrected chi connectivity index (χ4v) is 2.19. The first-order valence-corrected chi connectivity index (χ1v) is 6.25. The Morgan fingerprint density at radius 2 is 2.16 bits per heavy atom. The number of hydrogen-bond acceptors (Lipinski definition) is 3. The minimum absolute atomic E-state index is 0.577. The van der Waals surface area contributed by atoms with Crippen LogP contribution in [-0.2, 0) is 6.54 Å². The van der Waals surface area contributed by atoms with E-state index in [0.29, 0.717) is 12.4 Å². The number of rotatable bonds is 3. The summed E-state index contributed by atoms with van der Waals surface area (Å²) < 4.78 is 0. The molecule has 0 radical (unpaired) electrons. The average molecular weight is 252 g/mol. The molecule has 0 atom stereocenters. The normalized spacial score (nSPS) is 10.8. The summed E-state index contributed by atoms with van der Waals surface area (Å²) in [5.74, 6) is 0.577. The van der Waals surface area contributed by atoms with Crippen LogP contribution in [0.2, 0.25) is 0 Å². The first-order chi connectivity index (χ1) is 9.22. The van der Waals surface area contributed by atoms with Crippen molar-refractivity contribution < 1.29 is 0 Å². The molecule has 2 heterocycles. The maximum Gasteiger partial charge on any atom is 0.128 e. The van der Waals surface area contributed by atoms with Crippen molar-refractivity contribution in [3.8, 4) is 0 Å². The van der Waals surface area contributed by atoms with Crippen molar-refractivity contribution in [2.75, 3.05) is 11.1 Å². The number of aromatic nitrogens is 2. The highest BCUT2D eigenvalue weighted by Gasteiger charge is 2.01. The van der Waals surface area contributed by atoms with E-state index in [0.717, 1.165) is 16.8 Å². The molecule has 0 amide bonds. The number of hydrogen-bond donors (Lipinski definition) is 3. The summed E-state index contributed by atoms with van der Waals surface area (Å²) >= 11 is 0. The molecule has 0 saturated carbocycles. The van der Waals surface area contributed by atoms with Crippen LogP contribution < -0.4 is 11.1 Å². The third kappa shape index (κ3) is 2.38. The van der Waals surface area contributed by atoms with Crippen LogP contribution >= 0.6 is 0 Å². The predicted molar refractivity (Wildman–Crippen MR) is 79.0 cm³/mol. The molecule has 4 nitrogen and oxygen atoms in total. The summed E-state index contributed by atoms with van der Waals surface area (Å²) in [7, 11) is 0. The number of fused-ring (bicyclic) bond motifs is 1. The van der Waals surface area contributed by atoms with Crippen LogP contribution in [0.5, 0.6) is 0 Å². The number of pyridine rings is 1. The van der Waals surface area contributed by atoms with Gasteiger partial charge in [0.15, 0.2) is 0 Å². The van der Waals surface area contributed by atoms with Gasteiger partial charge in [0.25, 0.3) is 0 Å². The van der Waals surface area contributed by atoms with E-state index in [4.69, 9.17) is 5.73 Å². The third-order valence-corrected chi connectivity index (χ3v) is 3.16. The molecule has 96 valence electrons. The predicted octanol–water partition coefficient (Wildman–Crippen LogP) is 3.07. The fourth-order valence-electron chi connectivity index (χ4n) is 2.19. The quantitative estimate of drug-likeness (QED) is 0.671. The Morgan fingerprint density at radius 1 is 1.26 bits per heavy atom. The number of nitrogens with zero attached hydrogens (tertiary/aromatic N) is 1. The molecule has 4 heteroatoms. The summed E-state index contributed by atoms with van der Waals surface area (Å²) in [6.45, 7) is 2.73. The van der Waals surface area contributed by atoms with Gasteiger partial charge in [-0.1, -0.05) is 6.07 Å². The molecule has 0 aliphatic heterocycles. The highest BCUT2D eigenvalue weighted by atomic mass is 14.9. The summed E-state index contributed by atoms with van der Waals surface area (Å²) in [5, 5.41) is 4.58. The summed E-state index contributed by atoms with van der Waals surface area (Å²) in [4.78, 5) is 7.39. The summed E-state index contributed by atoms with van der Waals surface area (Å²) in [6.07, 6.45) is 1.70. The van der Waals surface area contributed by atoms with Crippen LogP contribution in [0, 0.1) is 6.92 Å². The molecule has 2 aromatic heterocycles. The van der Waals surface area contributed by atoms with Gasteiger partial charge in [0, 0.05) is 40.6 Å². The number of benzene rings is 1. The van der Waals surface area contributed by atoms with Crippen LogP contribution in [-0.4, -0.2) is 9.97 Å². The standard InChI is InChI=1S/C15H16N4/c1-10-7-12-8-13(4-5-14(12)19-10)18-9-11-3-2-6-17-15(11)16/h2-8,18-19H,9H2,1H3,(H2,16,17). The molecule has 0 saturated heterocycles. The highest BCUT2D eigenvalue weighted by molar-refractivity contribution is 5.83. The maximum atomic E-state index is 5.82. The highest BCUT2D eigenvalue weighted by Crippen LogP contribution is 2.20. The molecule has 3 rings (SSSR count). The number of nitrogens with one attached hydrogen (secondary N) is 2. The van der Waals surface area contributed by atoms with Crippen molar-refractivity contribution in [1.82, 2.24) is 9.97 Å². The van der Waals surface area contributed by atoms with Gasteiger partial charge in [0.2, 0.25) is 0 Å². The van der Waals surface area contributed by atoms with E-state index in [2.05, 4.69) is 46.5 Å². The molecule has 0 unspecified atom stereocenters. The first-order valence-electron chi connectivity index (χ1n) is 6.25. The molecule has 0 aliphatic rings. The number of H-pyrrole nitrogens is 1. The third-order valence-electron chi connectivity index (χ3n) is 3.16. The van der Waals surface area contributed by atoms with Crippen LogP contribution in [0.15, 0.2) is 42.6 Å². The molecule has 0 fully saturated rings. The van der Waals surface area contributed by atoms with Gasteiger partial charge in [0.05, 0.1) is 0 Å². The van der Waals surface area contributed by atoms with E-state index in [1.165, 1.54) is 11.1 Å². The average Bonchev–Trinajstić information content (AvgIpc) is 2.77. The molecule has 0 bridgehead atoms. The van der Waals surface area contributed by atoms with Crippen LogP contribution in [0.3, 0.4) is 0 Å². The van der Waals surface area contributed by atoms with Crippen LogP contribution in [0.25, 0.3) is 10.9 Å². The summed E-state index contributed by atoms with van der Waals surface area (Å²) in [6, 6.07) is 12.3. The Morgan fingerprint density at radius 3 is 3.00 bits per heavy atom. The zero-order chi connectivity index (χ0) is 13.2. The number of aryl methyl sites for hydroxylation is 1. The molecule has 1 aromatic carbocycles. The lowest BCUT2D eigenvalue weighted by Crippen LogP contribution is -2.03. The Labute approximate surface area is 111 Å². The van der Waals surface area contributed by atoms with Crippen LogP contribution in [0.1, 0.15) is 11.3 Å². The van der Waals surface area contributed by atoms with E-state index < -0.39 is 0 Å². The van der Waals surface area contributed by atoms with E-state index in [9.17, 15) is 0 Å². The van der Waals surface area contributed by atoms with Crippen molar-refractivity contribution in [2.24, 2.45) is 0 Å². The monoisotopic (exact) mass is 252 g/mol. The minimum Gasteiger partial charge on any atom is -0.383 e. The van der Waals surface area contributed by atoms with Gasteiger partial charge in [-0.3, -0.25) is 0 Å². The number of anilines is 2. The lowest BCUT2D eigenvalue weighted by Gasteiger charge is -2.08. The zero-order valence-corrected chi connectivity index (χ0v) is 10.8. The lowest BCUT2D eigenvalue weighted by molar-refractivity contribution is 1.12. The number of nitrogen functional groups attached to an aromatic ring is 1. The van der Waals surface area contributed by atoms with E-state index in [1.807, 2.05) is 12.1 Å². The number of nitrogens with two attached hydrogens (primary N) is 1. The van der Waals surface area contributed by atoms with Gasteiger partial charge in [-0.25, -0.2) is 4.98 Å². The second-order valence-corrected chi connectivity index (χ2v) is 4.66. The second kappa shape index (κ2) is 4.65. The van der Waals surface area contributed by atoms with Gasteiger partial charge in [-0.05, 0) is 37.3 Å². The molecule has 0 spiro atoms. The molecular formula is C15H16N4. The first kappa shape index (κ1) is 11.6. The van der Waals surface area contributed by atoms with Crippen molar-refractivity contribution in [3.63, 3.8) is 0 Å². The van der Waals surface area contributed by atoms with Gasteiger partial charge in [-0.2, -0.15) is 0 Å². The molecule has 4 N–H and O–H groups in total. The van der Waals surface area contributed by atoms with Gasteiger partial charge >= 0.3 is 0 Å². The van der Waals surface area contributed by atoms with Crippen molar-refractivity contribution in [2.45, 2.75) is 13.5 Å². The van der Waals surface area contributed by atoms with Crippen molar-refractivity contribution >= 4 is 22.4 Å². The Bertz CT molecular complexity index is 715. The van der Waals surface area contributed by atoms with Gasteiger partial charge in [0.1, 0.15) is 5.82 Å². The van der Waals surface area contributed by atoms with Gasteiger partial charge in [-0.15, -0.1) is 0 Å². The van der Waals surface area contributed by atoms with E-state index in [-0.39, 0.29) is 0 Å². The molecule has 19 heavy (non-hydrogen) atoms. The zero-order valence-electron chi connectivity index (χ0n) is 10.8. The Hall–Kier alpha value is -2.49. The Balaban J connectivity index is 1.80. The topological polar surface area (TPSA) is 66.7 Å². The Kier molecular flexibility index (Phi) is 2.83. The second-order valence-electron chi connectivity index (χ2n) is 4.66.